The lowest BCUT2D eigenvalue weighted by molar-refractivity contribution is 0.867. The molecule has 0 unspecified atom stereocenters. The molecule has 0 aliphatic rings. The first-order chi connectivity index (χ1) is 12.0. The summed E-state index contributed by atoms with van der Waals surface area (Å²) in [6, 6.07) is 12.4. The number of anilines is 1. The van der Waals surface area contributed by atoms with Crippen molar-refractivity contribution in [2.45, 2.75) is 33.1 Å². The van der Waals surface area contributed by atoms with Crippen LogP contribution in [0.2, 0.25) is 0 Å². The van der Waals surface area contributed by atoms with Crippen molar-refractivity contribution < 1.29 is 0 Å². The number of benzene rings is 1. The zero-order valence-electron chi connectivity index (χ0n) is 15.0. The van der Waals surface area contributed by atoms with E-state index in [1.807, 2.05) is 35.0 Å². The minimum Gasteiger partial charge on any atom is -0.370 e. The Hall–Kier alpha value is -2.82. The summed E-state index contributed by atoms with van der Waals surface area (Å²) >= 11 is 0. The van der Waals surface area contributed by atoms with Gasteiger partial charge in [-0.25, -0.2) is 4.98 Å². The summed E-state index contributed by atoms with van der Waals surface area (Å²) in [5.74, 6) is 0.916. The molecule has 5 heteroatoms. The van der Waals surface area contributed by atoms with Gasteiger partial charge < -0.3 is 15.5 Å². The molecule has 5 nitrogen and oxygen atoms in total. The normalized spacial score (nSPS) is 12.1. The van der Waals surface area contributed by atoms with Crippen LogP contribution in [0.15, 0.2) is 53.8 Å². The van der Waals surface area contributed by atoms with E-state index in [4.69, 9.17) is 5.73 Å². The van der Waals surface area contributed by atoms with E-state index >= 15 is 0 Å². The summed E-state index contributed by atoms with van der Waals surface area (Å²) < 4.78 is 2.05. The fourth-order valence-corrected chi connectivity index (χ4v) is 2.78. The number of aliphatic imine (C=N–C) groups is 1. The van der Waals surface area contributed by atoms with Crippen molar-refractivity contribution >= 4 is 17.3 Å². The van der Waals surface area contributed by atoms with Gasteiger partial charge in [0.2, 0.25) is 0 Å². The first kappa shape index (κ1) is 17.0. The van der Waals surface area contributed by atoms with Crippen molar-refractivity contribution in [1.29, 1.82) is 0 Å². The van der Waals surface area contributed by atoms with E-state index in [0.717, 1.165) is 23.4 Å². The van der Waals surface area contributed by atoms with Gasteiger partial charge in [0.1, 0.15) is 5.65 Å². The molecule has 0 aliphatic carbocycles. The minimum absolute atomic E-state index is 0.431. The van der Waals surface area contributed by atoms with E-state index in [2.05, 4.69) is 54.3 Å². The average Bonchev–Trinajstić information content (AvgIpc) is 2.99. The van der Waals surface area contributed by atoms with Crippen LogP contribution in [0.5, 0.6) is 0 Å². The molecule has 0 bridgehead atoms. The standard InChI is InChI=1S/C20H25N5/c1-14(2)16-7-4-8-17(12-16)24-20(21)22-10-9-18-13-25-11-5-6-15(3)19(25)23-18/h4-8,11-14H,9-10H2,1-3H3,(H3,21,22,24). The molecule has 0 radical (unpaired) electrons. The summed E-state index contributed by atoms with van der Waals surface area (Å²) in [7, 11) is 0. The third-order valence-electron chi connectivity index (χ3n) is 4.20. The number of hydrogen-bond acceptors (Lipinski definition) is 2. The van der Waals surface area contributed by atoms with Crippen LogP contribution in [0.25, 0.3) is 5.65 Å². The molecule has 2 heterocycles. The lowest BCUT2D eigenvalue weighted by Gasteiger charge is -2.09. The van der Waals surface area contributed by atoms with Crippen molar-refractivity contribution in [3.05, 3.63) is 65.6 Å². The van der Waals surface area contributed by atoms with Crippen molar-refractivity contribution in [3.8, 4) is 0 Å². The fourth-order valence-electron chi connectivity index (χ4n) is 2.78. The van der Waals surface area contributed by atoms with Gasteiger partial charge >= 0.3 is 0 Å². The molecule has 0 saturated heterocycles. The first-order valence-corrected chi connectivity index (χ1v) is 8.63. The number of nitrogens with zero attached hydrogens (tertiary/aromatic N) is 3. The van der Waals surface area contributed by atoms with Gasteiger partial charge in [0.25, 0.3) is 0 Å². The molecule has 0 atom stereocenters. The Morgan fingerprint density at radius 1 is 1.28 bits per heavy atom. The Morgan fingerprint density at radius 2 is 2.12 bits per heavy atom. The molecule has 0 fully saturated rings. The number of pyridine rings is 1. The predicted octanol–water partition coefficient (Wildman–Crippen LogP) is 3.74. The van der Waals surface area contributed by atoms with Gasteiger partial charge in [-0.2, -0.15) is 0 Å². The number of nitrogens with one attached hydrogen (secondary N) is 1. The van der Waals surface area contributed by atoms with E-state index in [1.165, 1.54) is 11.1 Å². The zero-order chi connectivity index (χ0) is 17.8. The van der Waals surface area contributed by atoms with Gasteiger partial charge in [0.05, 0.1) is 5.69 Å². The topological polar surface area (TPSA) is 67.7 Å². The maximum Gasteiger partial charge on any atom is 0.193 e. The molecule has 1 aromatic carbocycles. The quantitative estimate of drug-likeness (QED) is 0.551. The molecule has 0 spiro atoms. The second-order valence-corrected chi connectivity index (χ2v) is 6.58. The zero-order valence-corrected chi connectivity index (χ0v) is 15.0. The van der Waals surface area contributed by atoms with Gasteiger partial charge in [0.15, 0.2) is 5.96 Å². The molecular formula is C20H25N5. The molecule has 130 valence electrons. The Labute approximate surface area is 148 Å². The Kier molecular flexibility index (Phi) is 5.03. The number of guanidine groups is 1. The highest BCUT2D eigenvalue weighted by Crippen LogP contribution is 2.18. The molecule has 0 saturated carbocycles. The monoisotopic (exact) mass is 335 g/mol. The number of rotatable bonds is 5. The first-order valence-electron chi connectivity index (χ1n) is 8.63. The molecular weight excluding hydrogens is 310 g/mol. The molecule has 3 rings (SSSR count). The van der Waals surface area contributed by atoms with E-state index in [0.29, 0.717) is 18.4 Å². The minimum atomic E-state index is 0.431. The highest BCUT2D eigenvalue weighted by atomic mass is 15.1. The summed E-state index contributed by atoms with van der Waals surface area (Å²) in [5.41, 5.74) is 11.4. The maximum atomic E-state index is 6.01. The van der Waals surface area contributed by atoms with Crippen molar-refractivity contribution in [1.82, 2.24) is 9.38 Å². The summed E-state index contributed by atoms with van der Waals surface area (Å²) in [5, 5.41) is 3.16. The molecule has 0 aliphatic heterocycles. The van der Waals surface area contributed by atoms with Gasteiger partial charge in [-0.1, -0.05) is 32.0 Å². The maximum absolute atomic E-state index is 6.01. The van der Waals surface area contributed by atoms with Crippen LogP contribution in [0, 0.1) is 6.92 Å². The second kappa shape index (κ2) is 7.38. The molecule has 2 aromatic heterocycles. The lowest BCUT2D eigenvalue weighted by Crippen LogP contribution is -2.23. The Bertz CT molecular complexity index is 892. The largest absolute Gasteiger partial charge is 0.370 e. The van der Waals surface area contributed by atoms with Gasteiger partial charge in [-0.3, -0.25) is 4.99 Å². The van der Waals surface area contributed by atoms with E-state index in [1.54, 1.807) is 0 Å². The van der Waals surface area contributed by atoms with Crippen LogP contribution in [-0.2, 0) is 6.42 Å². The number of imidazole rings is 1. The van der Waals surface area contributed by atoms with Crippen LogP contribution in [0.4, 0.5) is 5.69 Å². The summed E-state index contributed by atoms with van der Waals surface area (Å²) in [6.45, 7) is 7.02. The molecule has 25 heavy (non-hydrogen) atoms. The highest BCUT2D eigenvalue weighted by molar-refractivity contribution is 5.92. The third-order valence-corrected chi connectivity index (χ3v) is 4.20. The smallest absolute Gasteiger partial charge is 0.193 e. The third kappa shape index (κ3) is 4.18. The van der Waals surface area contributed by atoms with E-state index < -0.39 is 0 Å². The van der Waals surface area contributed by atoms with Crippen molar-refractivity contribution in [3.63, 3.8) is 0 Å². The van der Waals surface area contributed by atoms with Gasteiger partial charge in [-0.05, 0) is 42.2 Å². The van der Waals surface area contributed by atoms with Crippen molar-refractivity contribution in [2.75, 3.05) is 11.9 Å². The highest BCUT2D eigenvalue weighted by Gasteiger charge is 2.04. The lowest BCUT2D eigenvalue weighted by atomic mass is 10.0. The average molecular weight is 335 g/mol. The van der Waals surface area contributed by atoms with Gasteiger partial charge in [0, 0.05) is 31.0 Å². The summed E-state index contributed by atoms with van der Waals surface area (Å²) in [4.78, 5) is 9.07. The Morgan fingerprint density at radius 3 is 2.88 bits per heavy atom. The van der Waals surface area contributed by atoms with Gasteiger partial charge in [-0.15, -0.1) is 0 Å². The number of fused-ring (bicyclic) bond motifs is 1. The predicted molar refractivity (Wildman–Crippen MR) is 104 cm³/mol. The van der Waals surface area contributed by atoms with Crippen LogP contribution in [0.3, 0.4) is 0 Å². The van der Waals surface area contributed by atoms with Crippen molar-refractivity contribution in [2.24, 2.45) is 10.7 Å². The van der Waals surface area contributed by atoms with Crippen LogP contribution >= 0.6 is 0 Å². The fraction of sp³-hybridized carbons (Fsp3) is 0.300. The number of aromatic nitrogens is 2. The van der Waals surface area contributed by atoms with Crippen LogP contribution in [-0.4, -0.2) is 21.9 Å². The van der Waals surface area contributed by atoms with Crippen LogP contribution in [0.1, 0.15) is 36.6 Å². The summed E-state index contributed by atoms with van der Waals surface area (Å²) in [6.07, 6.45) is 4.82. The Balaban J connectivity index is 1.61. The number of aryl methyl sites for hydroxylation is 1. The number of hydrogen-bond donors (Lipinski definition) is 2. The molecule has 3 aromatic rings. The second-order valence-electron chi connectivity index (χ2n) is 6.58. The van der Waals surface area contributed by atoms with E-state index in [-0.39, 0.29) is 0 Å². The SMILES string of the molecule is Cc1cccn2cc(CCN=C(N)Nc3cccc(C(C)C)c3)nc12. The molecule has 3 N–H and O–H groups in total. The molecule has 0 amide bonds. The van der Waals surface area contributed by atoms with E-state index in [9.17, 15) is 0 Å². The number of nitrogens with two attached hydrogens (primary N) is 1. The van der Waals surface area contributed by atoms with Crippen LogP contribution < -0.4 is 11.1 Å².